The van der Waals surface area contributed by atoms with Crippen LogP contribution in [0.1, 0.15) is 50.9 Å². The summed E-state index contributed by atoms with van der Waals surface area (Å²) in [5, 5.41) is 4.16. The molecule has 5 rings (SSSR count). The third-order valence-corrected chi connectivity index (χ3v) is 6.74. The average molecular weight is 500 g/mol. The van der Waals surface area contributed by atoms with Crippen molar-refractivity contribution in [2.75, 3.05) is 26.6 Å². The van der Waals surface area contributed by atoms with E-state index >= 15 is 0 Å². The SMILES string of the molecule is COc1cc(C2CC(=O)c3c(C)nc(Nc4nc(C)c5cc(C)ccc5n4)nc3C2)cc(OC)c1OC. The van der Waals surface area contributed by atoms with Gasteiger partial charge in [-0.3, -0.25) is 10.1 Å². The van der Waals surface area contributed by atoms with Gasteiger partial charge < -0.3 is 14.2 Å². The third kappa shape index (κ3) is 4.52. The Labute approximate surface area is 215 Å². The van der Waals surface area contributed by atoms with Crippen LogP contribution in [0.15, 0.2) is 30.3 Å². The summed E-state index contributed by atoms with van der Waals surface area (Å²) in [6.45, 7) is 5.83. The van der Waals surface area contributed by atoms with Crippen LogP contribution in [0.2, 0.25) is 0 Å². The number of Topliss-reactive ketones (excluding diaryl/α,β-unsaturated/α-hetero) is 1. The van der Waals surface area contributed by atoms with Gasteiger partial charge in [-0.2, -0.15) is 0 Å². The Balaban J connectivity index is 1.49. The highest BCUT2D eigenvalue weighted by Crippen LogP contribution is 2.43. The smallest absolute Gasteiger partial charge is 0.230 e. The Morgan fingerprint density at radius 3 is 2.16 bits per heavy atom. The summed E-state index contributed by atoms with van der Waals surface area (Å²) in [5.41, 5.74) is 5.69. The van der Waals surface area contributed by atoms with Gasteiger partial charge in [0.2, 0.25) is 17.6 Å². The average Bonchev–Trinajstić information content (AvgIpc) is 2.87. The summed E-state index contributed by atoms with van der Waals surface area (Å²) in [7, 11) is 4.72. The number of carbonyl (C=O) groups is 1. The molecule has 1 aliphatic rings. The maximum Gasteiger partial charge on any atom is 0.230 e. The first-order valence-electron chi connectivity index (χ1n) is 12.0. The standard InChI is InChI=1S/C28H29N5O4/c1-14-7-8-20-19(9-14)15(2)29-27(31-20)33-28-30-16(3)25-21(32-28)10-17(11-22(25)34)18-12-23(35-4)26(37-6)24(13-18)36-5/h7-9,12-13,17H,10-11H2,1-6H3,(H,29,30,31,32,33). The molecule has 2 heterocycles. The minimum Gasteiger partial charge on any atom is -0.493 e. The highest BCUT2D eigenvalue weighted by Gasteiger charge is 2.31. The summed E-state index contributed by atoms with van der Waals surface area (Å²) in [5.74, 6) is 2.31. The molecule has 0 bridgehead atoms. The summed E-state index contributed by atoms with van der Waals surface area (Å²) >= 11 is 0. The zero-order valence-corrected chi connectivity index (χ0v) is 21.8. The second kappa shape index (κ2) is 9.65. The number of ether oxygens (including phenoxy) is 3. The van der Waals surface area contributed by atoms with Crippen LogP contribution in [0, 0.1) is 20.8 Å². The molecule has 9 nitrogen and oxygen atoms in total. The van der Waals surface area contributed by atoms with E-state index in [1.54, 1.807) is 21.3 Å². The Bertz CT molecular complexity index is 1510. The summed E-state index contributed by atoms with van der Waals surface area (Å²) in [6, 6.07) is 9.86. The molecule has 1 N–H and O–H groups in total. The van der Waals surface area contributed by atoms with E-state index < -0.39 is 0 Å². The van der Waals surface area contributed by atoms with Crippen molar-refractivity contribution >= 4 is 28.6 Å². The van der Waals surface area contributed by atoms with Gasteiger partial charge in [0, 0.05) is 11.8 Å². The molecular formula is C28H29N5O4. The number of carbonyl (C=O) groups excluding carboxylic acids is 1. The molecule has 0 fully saturated rings. The number of fused-ring (bicyclic) bond motifs is 2. The lowest BCUT2D eigenvalue weighted by atomic mass is 9.81. The Hall–Kier alpha value is -4.27. The summed E-state index contributed by atoms with van der Waals surface area (Å²) < 4.78 is 16.5. The van der Waals surface area contributed by atoms with Crippen molar-refractivity contribution in [2.45, 2.75) is 39.5 Å². The minimum absolute atomic E-state index is 0.0113. The number of aromatic nitrogens is 4. The van der Waals surface area contributed by atoms with Crippen molar-refractivity contribution in [3.05, 3.63) is 64.1 Å². The molecule has 0 spiro atoms. The molecule has 0 saturated carbocycles. The van der Waals surface area contributed by atoms with E-state index in [1.807, 2.05) is 45.0 Å². The van der Waals surface area contributed by atoms with Gasteiger partial charge in [0.25, 0.3) is 0 Å². The van der Waals surface area contributed by atoms with E-state index in [2.05, 4.69) is 26.3 Å². The monoisotopic (exact) mass is 499 g/mol. The topological polar surface area (TPSA) is 108 Å². The lowest BCUT2D eigenvalue weighted by Crippen LogP contribution is -2.23. The van der Waals surface area contributed by atoms with Crippen LogP contribution in [-0.2, 0) is 6.42 Å². The largest absolute Gasteiger partial charge is 0.493 e. The zero-order chi connectivity index (χ0) is 26.3. The zero-order valence-electron chi connectivity index (χ0n) is 21.8. The molecule has 2 aromatic carbocycles. The van der Waals surface area contributed by atoms with E-state index in [-0.39, 0.29) is 11.7 Å². The number of nitrogens with zero attached hydrogens (tertiary/aromatic N) is 4. The number of ketones is 1. The lowest BCUT2D eigenvalue weighted by Gasteiger charge is -2.25. The van der Waals surface area contributed by atoms with Gasteiger partial charge >= 0.3 is 0 Å². The first-order valence-corrected chi connectivity index (χ1v) is 12.0. The predicted octanol–water partition coefficient (Wildman–Crippen LogP) is 5.03. The predicted molar refractivity (Wildman–Crippen MR) is 141 cm³/mol. The van der Waals surface area contributed by atoms with E-state index in [4.69, 9.17) is 19.2 Å². The number of anilines is 2. The molecule has 190 valence electrons. The second-order valence-electron chi connectivity index (χ2n) is 9.22. The van der Waals surface area contributed by atoms with Crippen LogP contribution in [-0.4, -0.2) is 47.0 Å². The molecule has 1 aliphatic carbocycles. The Kier molecular flexibility index (Phi) is 6.37. The number of hydrogen-bond donors (Lipinski definition) is 1. The number of methoxy groups -OCH3 is 3. The van der Waals surface area contributed by atoms with Gasteiger partial charge in [-0.1, -0.05) is 11.6 Å². The van der Waals surface area contributed by atoms with E-state index in [0.29, 0.717) is 58.9 Å². The van der Waals surface area contributed by atoms with Crippen LogP contribution >= 0.6 is 0 Å². The molecule has 9 heteroatoms. The molecular weight excluding hydrogens is 470 g/mol. The normalized spacial score (nSPS) is 14.9. The van der Waals surface area contributed by atoms with Crippen LogP contribution < -0.4 is 19.5 Å². The number of hydrogen-bond acceptors (Lipinski definition) is 9. The van der Waals surface area contributed by atoms with E-state index in [1.165, 1.54) is 0 Å². The van der Waals surface area contributed by atoms with Crippen molar-refractivity contribution in [3.63, 3.8) is 0 Å². The molecule has 2 aromatic heterocycles. The molecule has 1 unspecified atom stereocenters. The fourth-order valence-electron chi connectivity index (χ4n) is 4.95. The number of benzene rings is 2. The maximum absolute atomic E-state index is 13.2. The van der Waals surface area contributed by atoms with Gasteiger partial charge in [-0.15, -0.1) is 0 Å². The van der Waals surface area contributed by atoms with Gasteiger partial charge in [0.05, 0.1) is 49.5 Å². The van der Waals surface area contributed by atoms with Crippen molar-refractivity contribution in [1.29, 1.82) is 0 Å². The molecule has 1 atom stereocenters. The fraction of sp³-hybridized carbons (Fsp3) is 0.321. The van der Waals surface area contributed by atoms with Crippen LogP contribution in [0.4, 0.5) is 11.9 Å². The van der Waals surface area contributed by atoms with Gasteiger partial charge in [0.15, 0.2) is 17.3 Å². The fourth-order valence-corrected chi connectivity index (χ4v) is 4.95. The molecule has 0 aliphatic heterocycles. The first-order chi connectivity index (χ1) is 17.8. The number of rotatable bonds is 6. The minimum atomic E-state index is -0.0988. The quantitative estimate of drug-likeness (QED) is 0.391. The van der Waals surface area contributed by atoms with Crippen LogP contribution in [0.5, 0.6) is 17.2 Å². The van der Waals surface area contributed by atoms with Gasteiger partial charge in [-0.25, -0.2) is 19.9 Å². The summed E-state index contributed by atoms with van der Waals surface area (Å²) in [4.78, 5) is 31.7. The van der Waals surface area contributed by atoms with Crippen molar-refractivity contribution in [2.24, 2.45) is 0 Å². The van der Waals surface area contributed by atoms with Crippen molar-refractivity contribution in [1.82, 2.24) is 19.9 Å². The molecule has 37 heavy (non-hydrogen) atoms. The third-order valence-electron chi connectivity index (χ3n) is 6.74. The molecule has 0 amide bonds. The lowest BCUT2D eigenvalue weighted by molar-refractivity contribution is 0.0962. The Morgan fingerprint density at radius 2 is 1.49 bits per heavy atom. The van der Waals surface area contributed by atoms with E-state index in [0.717, 1.165) is 27.7 Å². The molecule has 0 saturated heterocycles. The molecule has 0 radical (unpaired) electrons. The van der Waals surface area contributed by atoms with E-state index in [9.17, 15) is 4.79 Å². The van der Waals surface area contributed by atoms with Crippen molar-refractivity contribution in [3.8, 4) is 17.2 Å². The highest BCUT2D eigenvalue weighted by molar-refractivity contribution is 6.00. The summed E-state index contributed by atoms with van der Waals surface area (Å²) in [6.07, 6.45) is 0.906. The van der Waals surface area contributed by atoms with Crippen molar-refractivity contribution < 1.29 is 19.0 Å². The number of aryl methyl sites for hydroxylation is 3. The Morgan fingerprint density at radius 1 is 0.811 bits per heavy atom. The number of nitrogens with one attached hydrogen (secondary N) is 1. The van der Waals surface area contributed by atoms with Gasteiger partial charge in [-0.05, 0) is 62.9 Å². The van der Waals surface area contributed by atoms with Crippen LogP contribution in [0.25, 0.3) is 10.9 Å². The highest BCUT2D eigenvalue weighted by atomic mass is 16.5. The maximum atomic E-state index is 13.2. The van der Waals surface area contributed by atoms with Gasteiger partial charge in [0.1, 0.15) is 0 Å². The second-order valence-corrected chi connectivity index (χ2v) is 9.22. The van der Waals surface area contributed by atoms with Crippen LogP contribution in [0.3, 0.4) is 0 Å². The first kappa shape index (κ1) is 24.4. The molecule has 4 aromatic rings.